The van der Waals surface area contributed by atoms with Crippen molar-refractivity contribution in [2.24, 2.45) is 0 Å². The number of carbonyl (C=O) groups is 2. The monoisotopic (exact) mass is 600 g/mol. The highest BCUT2D eigenvalue weighted by atomic mass is 16.5. The molecule has 10 nitrogen and oxygen atoms in total. The lowest BCUT2D eigenvalue weighted by molar-refractivity contribution is -0.185. The Kier molecular flexibility index (Phi) is 5.03. The molecule has 8 aliphatic rings. The molecule has 2 aromatic rings. The van der Waals surface area contributed by atoms with E-state index in [0.717, 1.165) is 41.8 Å². The number of benzene rings is 2. The summed E-state index contributed by atoms with van der Waals surface area (Å²) in [7, 11) is 4.06. The van der Waals surface area contributed by atoms with Crippen molar-refractivity contribution in [3.63, 3.8) is 0 Å². The van der Waals surface area contributed by atoms with Gasteiger partial charge in [0.2, 0.25) is 0 Å². The number of aliphatic hydroxyl groups is 2. The van der Waals surface area contributed by atoms with Crippen molar-refractivity contribution < 1.29 is 39.5 Å². The van der Waals surface area contributed by atoms with E-state index >= 15 is 0 Å². The predicted molar refractivity (Wildman–Crippen MR) is 156 cm³/mol. The van der Waals surface area contributed by atoms with Gasteiger partial charge in [0, 0.05) is 29.6 Å². The van der Waals surface area contributed by atoms with E-state index in [-0.39, 0.29) is 35.1 Å². The number of phenols is 2. The largest absolute Gasteiger partial charge is 0.504 e. The van der Waals surface area contributed by atoms with Crippen LogP contribution >= 0.6 is 0 Å². The SMILES string of the molecule is CN1CC[C@]23c4c5ccc(O)c4O[C@H]2C(=O)C=C[C@@]3(O)[C@H]1C5.CN1CC[C@]23c4c5ccc(O)c4O[C@H]2C(=O)CC[C@@]3(O)[C@H]1C5. The Morgan fingerprint density at radius 1 is 0.773 bits per heavy atom. The van der Waals surface area contributed by atoms with E-state index in [2.05, 4.69) is 9.80 Å². The molecule has 10 rings (SSSR count). The van der Waals surface area contributed by atoms with Gasteiger partial charge in [-0.1, -0.05) is 12.1 Å². The molecule has 0 radical (unpaired) electrons. The van der Waals surface area contributed by atoms with Crippen molar-refractivity contribution in [3.8, 4) is 23.0 Å². The maximum Gasteiger partial charge on any atom is 0.196 e. The minimum Gasteiger partial charge on any atom is -0.504 e. The normalized spacial score (nSPS) is 41.6. The van der Waals surface area contributed by atoms with Crippen molar-refractivity contribution in [2.75, 3.05) is 27.2 Å². The van der Waals surface area contributed by atoms with Crippen LogP contribution in [0.1, 0.15) is 47.9 Å². The van der Waals surface area contributed by atoms with E-state index in [1.165, 1.54) is 6.08 Å². The van der Waals surface area contributed by atoms with Gasteiger partial charge in [-0.3, -0.25) is 14.5 Å². The molecule has 2 spiro atoms. The number of hydrogen-bond acceptors (Lipinski definition) is 10. The molecule has 4 aliphatic heterocycles. The van der Waals surface area contributed by atoms with Crippen LogP contribution in [-0.4, -0.2) is 104 Å². The van der Waals surface area contributed by atoms with Crippen LogP contribution in [0.3, 0.4) is 0 Å². The Hall–Kier alpha value is -3.44. The number of hydrogen-bond donors (Lipinski definition) is 4. The fourth-order valence-corrected chi connectivity index (χ4v) is 10.7. The summed E-state index contributed by atoms with van der Waals surface area (Å²) in [6.45, 7) is 1.62. The van der Waals surface area contributed by atoms with Crippen LogP contribution in [0.4, 0.5) is 0 Å². The molecule has 4 aliphatic carbocycles. The van der Waals surface area contributed by atoms with Crippen LogP contribution in [0.5, 0.6) is 23.0 Å². The number of ether oxygens (including phenoxy) is 2. The molecule has 8 atom stereocenters. The molecule has 1 saturated carbocycles. The van der Waals surface area contributed by atoms with Gasteiger partial charge in [0.05, 0.1) is 16.4 Å². The summed E-state index contributed by atoms with van der Waals surface area (Å²) in [5, 5.41) is 43.6. The van der Waals surface area contributed by atoms with E-state index in [0.29, 0.717) is 43.6 Å². The van der Waals surface area contributed by atoms with Gasteiger partial charge < -0.3 is 34.8 Å². The lowest BCUT2D eigenvalue weighted by Gasteiger charge is -2.61. The highest BCUT2D eigenvalue weighted by molar-refractivity contribution is 5.99. The molecular weight excluding hydrogens is 564 g/mol. The molecule has 230 valence electrons. The number of rotatable bonds is 0. The summed E-state index contributed by atoms with van der Waals surface area (Å²) in [5.41, 5.74) is 0.388. The Bertz CT molecular complexity index is 1710. The third kappa shape index (κ3) is 2.75. The molecule has 3 fully saturated rings. The molecule has 2 aromatic carbocycles. The maximum atomic E-state index is 12.5. The number of ketones is 2. The standard InChI is InChI=1S/C17H19NO4.C17H17NO4/c2*1-18-7-6-16-13-9-2-3-10(19)14(13)22-15(16)11(20)4-5-17(16,21)12(18)8-9/h2-3,12,15,19,21H,4-8H2,1H3;2-5,12,15,19,21H,6-8H2,1H3/t2*12-,15+,16+,17-/m11/s1. The Morgan fingerprint density at radius 3 is 2.02 bits per heavy atom. The van der Waals surface area contributed by atoms with Gasteiger partial charge >= 0.3 is 0 Å². The third-order valence-electron chi connectivity index (χ3n) is 12.7. The Labute approximate surface area is 254 Å². The summed E-state index contributed by atoms with van der Waals surface area (Å²) in [6, 6.07) is 7.01. The van der Waals surface area contributed by atoms with Crippen molar-refractivity contribution in [2.45, 2.75) is 84.8 Å². The molecule has 0 unspecified atom stereocenters. The van der Waals surface area contributed by atoms with Crippen molar-refractivity contribution >= 4 is 11.6 Å². The van der Waals surface area contributed by atoms with Crippen LogP contribution < -0.4 is 9.47 Å². The maximum absolute atomic E-state index is 12.5. The summed E-state index contributed by atoms with van der Waals surface area (Å²) >= 11 is 0. The number of Topliss-reactive ketones (excluding diaryl/α,β-unsaturated/α-hetero) is 1. The zero-order valence-electron chi connectivity index (χ0n) is 24.7. The number of carbonyl (C=O) groups excluding carboxylic acids is 2. The molecule has 0 aromatic heterocycles. The van der Waals surface area contributed by atoms with Crippen LogP contribution in [-0.2, 0) is 33.3 Å². The first-order valence-corrected chi connectivity index (χ1v) is 15.6. The van der Waals surface area contributed by atoms with Gasteiger partial charge in [-0.2, -0.15) is 0 Å². The first-order valence-electron chi connectivity index (χ1n) is 15.6. The fourth-order valence-electron chi connectivity index (χ4n) is 10.7. The second-order valence-corrected chi connectivity index (χ2v) is 14.2. The van der Waals surface area contributed by atoms with Crippen molar-refractivity contribution in [1.29, 1.82) is 0 Å². The summed E-state index contributed by atoms with van der Waals surface area (Å²) in [5.74, 6) is 0.873. The van der Waals surface area contributed by atoms with E-state index in [9.17, 15) is 30.0 Å². The summed E-state index contributed by atoms with van der Waals surface area (Å²) in [4.78, 5) is 29.3. The zero-order valence-corrected chi connectivity index (χ0v) is 24.7. The quantitative estimate of drug-likeness (QED) is 0.350. The van der Waals surface area contributed by atoms with Gasteiger partial charge in [0.1, 0.15) is 5.60 Å². The molecule has 10 heteroatoms. The molecule has 4 heterocycles. The second kappa shape index (κ2) is 8.23. The second-order valence-electron chi connectivity index (χ2n) is 14.2. The number of nitrogens with zero attached hydrogens (tertiary/aromatic N) is 2. The molecule has 4 N–H and O–H groups in total. The average molecular weight is 601 g/mol. The van der Waals surface area contributed by atoms with Gasteiger partial charge in [-0.15, -0.1) is 0 Å². The number of aromatic hydroxyl groups is 2. The van der Waals surface area contributed by atoms with Gasteiger partial charge in [0.25, 0.3) is 0 Å². The zero-order chi connectivity index (χ0) is 30.6. The van der Waals surface area contributed by atoms with Crippen LogP contribution in [0.15, 0.2) is 36.4 Å². The molecule has 4 bridgehead atoms. The van der Waals surface area contributed by atoms with Crippen molar-refractivity contribution in [3.05, 3.63) is 58.7 Å². The first kappa shape index (κ1) is 26.9. The minimum atomic E-state index is -1.13. The first-order chi connectivity index (χ1) is 21.0. The summed E-state index contributed by atoms with van der Waals surface area (Å²) in [6.07, 6.45) is 5.31. The van der Waals surface area contributed by atoms with Crippen LogP contribution in [0.2, 0.25) is 0 Å². The molecule has 44 heavy (non-hydrogen) atoms. The molecule has 0 amide bonds. The van der Waals surface area contributed by atoms with Gasteiger partial charge in [-0.05, 0) is 94.7 Å². The van der Waals surface area contributed by atoms with Gasteiger partial charge in [0.15, 0.2) is 46.8 Å². The number of piperidine rings is 2. The third-order valence-corrected chi connectivity index (χ3v) is 12.7. The smallest absolute Gasteiger partial charge is 0.196 e. The lowest BCUT2D eigenvalue weighted by atomic mass is 9.49. The minimum absolute atomic E-state index is 0.00319. The van der Waals surface area contributed by atoms with Gasteiger partial charge in [-0.25, -0.2) is 0 Å². The van der Waals surface area contributed by atoms with E-state index in [1.807, 2.05) is 26.2 Å². The number of likely N-dealkylation sites (N-methyl/N-ethyl adjacent to an activating group) is 2. The van der Waals surface area contributed by atoms with E-state index in [1.54, 1.807) is 18.2 Å². The van der Waals surface area contributed by atoms with E-state index < -0.39 is 34.2 Å². The number of likely N-dealkylation sites (tertiary alicyclic amines) is 2. The highest BCUT2D eigenvalue weighted by Gasteiger charge is 2.73. The van der Waals surface area contributed by atoms with Crippen LogP contribution in [0, 0.1) is 0 Å². The lowest BCUT2D eigenvalue weighted by Crippen LogP contribution is -2.76. The Morgan fingerprint density at radius 2 is 1.34 bits per heavy atom. The average Bonchev–Trinajstić information content (AvgIpc) is 3.55. The molecule has 2 saturated heterocycles. The number of phenolic OH excluding ortho intramolecular Hbond substituents is 2. The highest BCUT2D eigenvalue weighted by Crippen LogP contribution is 2.65. The topological polar surface area (TPSA) is 140 Å². The van der Waals surface area contributed by atoms with E-state index in [4.69, 9.17) is 9.47 Å². The van der Waals surface area contributed by atoms with Crippen LogP contribution in [0.25, 0.3) is 0 Å². The Balaban J connectivity index is 0.000000123. The van der Waals surface area contributed by atoms with Crippen molar-refractivity contribution in [1.82, 2.24) is 9.80 Å². The summed E-state index contributed by atoms with van der Waals surface area (Å²) < 4.78 is 11.8. The molecular formula is C34H36N2O8. The predicted octanol–water partition coefficient (Wildman–Crippen LogP) is 1.27. The fraction of sp³-hybridized carbons (Fsp3) is 0.529.